The number of rotatable bonds is 5. The quantitative estimate of drug-likeness (QED) is 0.732. The summed E-state index contributed by atoms with van der Waals surface area (Å²) in [5.41, 5.74) is -1.79. The van der Waals surface area contributed by atoms with Gasteiger partial charge < -0.3 is 5.32 Å². The molecule has 2 unspecified atom stereocenters. The Hall–Kier alpha value is -1.25. The Morgan fingerprint density at radius 3 is 2.26 bits per heavy atom. The van der Waals surface area contributed by atoms with Crippen LogP contribution in [0.3, 0.4) is 0 Å². The molecule has 0 saturated heterocycles. The minimum Gasteiger partial charge on any atom is -0.341 e. The minimum absolute atomic E-state index is 0.254. The summed E-state index contributed by atoms with van der Waals surface area (Å²) in [5, 5.41) is 1.52. The van der Waals surface area contributed by atoms with Crippen molar-refractivity contribution in [3.05, 3.63) is 0 Å². The van der Waals surface area contributed by atoms with Crippen molar-refractivity contribution in [1.82, 2.24) is 10.0 Å². The molecule has 0 aliphatic heterocycles. The number of amides is 2. The first-order valence-electron chi connectivity index (χ1n) is 5.82. The second-order valence-corrected chi connectivity index (χ2v) is 6.93. The Morgan fingerprint density at radius 2 is 1.89 bits per heavy atom. The van der Waals surface area contributed by atoms with E-state index in [2.05, 4.69) is 5.32 Å². The van der Waals surface area contributed by atoms with Gasteiger partial charge >= 0.3 is 0 Å². The van der Waals surface area contributed by atoms with E-state index in [1.165, 1.54) is 0 Å². The summed E-state index contributed by atoms with van der Waals surface area (Å²) in [5.74, 6) is -3.06. The van der Waals surface area contributed by atoms with Crippen molar-refractivity contribution in [1.29, 1.82) is 0 Å². The van der Waals surface area contributed by atoms with Crippen LogP contribution < -0.4 is 10.0 Å². The van der Waals surface area contributed by atoms with Crippen molar-refractivity contribution in [2.75, 3.05) is 0 Å². The molecular weight excluding hydrogens is 282 g/mol. The molecule has 0 bridgehead atoms. The molecule has 2 atom stereocenters. The molecular formula is C10H14F2N2O4S. The van der Waals surface area contributed by atoms with Gasteiger partial charge in [0.1, 0.15) is 5.54 Å². The average molecular weight is 296 g/mol. The van der Waals surface area contributed by atoms with Crippen molar-refractivity contribution < 1.29 is 26.8 Å². The highest BCUT2D eigenvalue weighted by atomic mass is 32.2. The molecule has 0 heterocycles. The third-order valence-electron chi connectivity index (χ3n) is 3.32. The molecule has 2 rings (SSSR count). The molecule has 19 heavy (non-hydrogen) atoms. The molecule has 2 amide bonds. The maximum Gasteiger partial charge on any atom is 0.259 e. The van der Waals surface area contributed by atoms with Crippen molar-refractivity contribution in [3.63, 3.8) is 0 Å². The first-order valence-corrected chi connectivity index (χ1v) is 7.36. The van der Waals surface area contributed by atoms with Crippen LogP contribution in [0, 0.1) is 5.92 Å². The second kappa shape index (κ2) is 4.39. The van der Waals surface area contributed by atoms with Gasteiger partial charge in [-0.1, -0.05) is 0 Å². The van der Waals surface area contributed by atoms with Crippen molar-refractivity contribution >= 4 is 21.8 Å². The molecule has 2 aliphatic carbocycles. The largest absolute Gasteiger partial charge is 0.341 e. The summed E-state index contributed by atoms with van der Waals surface area (Å²) in [6.45, 7) is 1.09. The maximum atomic E-state index is 12.6. The molecule has 0 radical (unpaired) electrons. The minimum atomic E-state index is -3.81. The van der Waals surface area contributed by atoms with E-state index in [1.807, 2.05) is 0 Å². The fraction of sp³-hybridized carbons (Fsp3) is 0.800. The van der Waals surface area contributed by atoms with Gasteiger partial charge in [0, 0.05) is 6.92 Å². The molecule has 6 nitrogen and oxygen atoms in total. The van der Waals surface area contributed by atoms with E-state index in [-0.39, 0.29) is 6.42 Å². The summed E-state index contributed by atoms with van der Waals surface area (Å²) in [4.78, 5) is 22.9. The van der Waals surface area contributed by atoms with Crippen LogP contribution >= 0.6 is 0 Å². The van der Waals surface area contributed by atoms with E-state index in [0.717, 1.165) is 6.92 Å². The fourth-order valence-electron chi connectivity index (χ4n) is 2.05. The predicted octanol–water partition coefficient (Wildman–Crippen LogP) is -0.245. The predicted molar refractivity (Wildman–Crippen MR) is 60.7 cm³/mol. The van der Waals surface area contributed by atoms with Crippen molar-refractivity contribution in [3.8, 4) is 0 Å². The van der Waals surface area contributed by atoms with Crippen LogP contribution in [0.15, 0.2) is 0 Å². The monoisotopic (exact) mass is 296 g/mol. The van der Waals surface area contributed by atoms with E-state index in [1.54, 1.807) is 4.72 Å². The molecule has 2 N–H and O–H groups in total. The van der Waals surface area contributed by atoms with Crippen molar-refractivity contribution in [2.24, 2.45) is 5.92 Å². The van der Waals surface area contributed by atoms with Crippen molar-refractivity contribution in [2.45, 2.75) is 43.4 Å². The van der Waals surface area contributed by atoms with Gasteiger partial charge in [-0.15, -0.1) is 0 Å². The molecule has 2 fully saturated rings. The molecule has 9 heteroatoms. The normalized spacial score (nSPS) is 30.0. The highest BCUT2D eigenvalue weighted by Crippen LogP contribution is 2.48. The van der Waals surface area contributed by atoms with Gasteiger partial charge in [-0.25, -0.2) is 17.2 Å². The van der Waals surface area contributed by atoms with Crippen LogP contribution in [0.2, 0.25) is 0 Å². The average Bonchev–Trinajstić information content (AvgIpc) is 3.10. The zero-order chi connectivity index (χ0) is 14.4. The zero-order valence-electron chi connectivity index (χ0n) is 10.2. The first kappa shape index (κ1) is 14.2. The van der Waals surface area contributed by atoms with Gasteiger partial charge in [0.25, 0.3) is 5.91 Å². The maximum absolute atomic E-state index is 12.6. The van der Waals surface area contributed by atoms with Crippen LogP contribution in [0.25, 0.3) is 0 Å². The highest BCUT2D eigenvalue weighted by molar-refractivity contribution is 7.90. The van der Waals surface area contributed by atoms with Crippen LogP contribution in [-0.2, 0) is 19.6 Å². The second-order valence-electron chi connectivity index (χ2n) is 4.97. The lowest BCUT2D eigenvalue weighted by molar-refractivity contribution is -0.129. The van der Waals surface area contributed by atoms with Gasteiger partial charge in [-0.05, 0) is 19.3 Å². The smallest absolute Gasteiger partial charge is 0.259 e. The standard InChI is InChI=1S/C10H14F2N2O4S/c1-5(15)13-10(4-7(10)8(11)12)9(16)14-19(17,18)6-2-3-6/h6-8H,2-4H2,1H3,(H,13,15)(H,14,16). The summed E-state index contributed by atoms with van der Waals surface area (Å²) >= 11 is 0. The fourth-order valence-corrected chi connectivity index (χ4v) is 3.41. The van der Waals surface area contributed by atoms with E-state index in [0.29, 0.717) is 12.8 Å². The number of halogens is 2. The highest BCUT2D eigenvalue weighted by Gasteiger charge is 2.65. The zero-order valence-corrected chi connectivity index (χ0v) is 11.0. The summed E-state index contributed by atoms with van der Waals surface area (Å²) < 4.78 is 50.3. The number of nitrogens with one attached hydrogen (secondary N) is 2. The molecule has 0 aromatic heterocycles. The molecule has 0 spiro atoms. The summed E-state index contributed by atoms with van der Waals surface area (Å²) in [7, 11) is -3.81. The van der Waals surface area contributed by atoms with Gasteiger partial charge in [-0.3, -0.25) is 14.3 Å². The summed E-state index contributed by atoms with van der Waals surface area (Å²) in [6.07, 6.45) is -2.14. The lowest BCUT2D eigenvalue weighted by atomic mass is 10.2. The van der Waals surface area contributed by atoms with Crippen LogP contribution in [0.1, 0.15) is 26.2 Å². The van der Waals surface area contributed by atoms with Gasteiger partial charge in [-0.2, -0.15) is 0 Å². The number of alkyl halides is 2. The Morgan fingerprint density at radius 1 is 1.32 bits per heavy atom. The lowest BCUT2D eigenvalue weighted by Crippen LogP contribution is -2.52. The Kier molecular flexibility index (Phi) is 3.28. The molecule has 2 saturated carbocycles. The SMILES string of the molecule is CC(=O)NC1(C(=O)NS(=O)(=O)C2CC2)CC1C(F)F. The Balaban J connectivity index is 2.12. The molecule has 0 aromatic rings. The third kappa shape index (κ3) is 2.70. The topological polar surface area (TPSA) is 92.3 Å². The number of hydrogen-bond acceptors (Lipinski definition) is 4. The van der Waals surface area contributed by atoms with E-state index < -0.39 is 45.0 Å². The first-order chi connectivity index (χ1) is 8.69. The van der Waals surface area contributed by atoms with Gasteiger partial charge in [0.05, 0.1) is 11.2 Å². The molecule has 0 aromatic carbocycles. The van der Waals surface area contributed by atoms with E-state index in [4.69, 9.17) is 0 Å². The number of carbonyl (C=O) groups excluding carboxylic acids is 2. The van der Waals surface area contributed by atoms with Gasteiger partial charge in [0.2, 0.25) is 22.4 Å². The van der Waals surface area contributed by atoms with Crippen LogP contribution in [-0.4, -0.2) is 37.4 Å². The number of sulfonamides is 1. The Labute approximate surface area is 109 Å². The van der Waals surface area contributed by atoms with E-state index >= 15 is 0 Å². The summed E-state index contributed by atoms with van der Waals surface area (Å²) in [6, 6.07) is 0. The third-order valence-corrected chi connectivity index (χ3v) is 5.14. The van der Waals surface area contributed by atoms with Crippen LogP contribution in [0.5, 0.6) is 0 Å². The van der Waals surface area contributed by atoms with Crippen LogP contribution in [0.4, 0.5) is 8.78 Å². The molecule has 2 aliphatic rings. The number of hydrogen-bond donors (Lipinski definition) is 2. The van der Waals surface area contributed by atoms with Gasteiger partial charge in [0.15, 0.2) is 0 Å². The lowest BCUT2D eigenvalue weighted by Gasteiger charge is -2.18. The van der Waals surface area contributed by atoms with E-state index in [9.17, 15) is 26.8 Å². The molecule has 108 valence electrons. The number of carbonyl (C=O) groups is 2. The Bertz CT molecular complexity index is 518.